The molecule has 4 aromatic rings. The summed E-state index contributed by atoms with van der Waals surface area (Å²) in [6.45, 7) is 0.447. The number of ether oxygens (including phenoxy) is 2. The van der Waals surface area contributed by atoms with E-state index in [9.17, 15) is 0 Å². The zero-order valence-corrected chi connectivity index (χ0v) is 19.0. The molecule has 6 heteroatoms. The fourth-order valence-electron chi connectivity index (χ4n) is 3.65. The van der Waals surface area contributed by atoms with Crippen molar-refractivity contribution in [1.82, 2.24) is 15.2 Å². The molecule has 0 atom stereocenters. The Balaban J connectivity index is 1.24. The molecule has 164 valence electrons. The van der Waals surface area contributed by atoms with Gasteiger partial charge in [0.2, 0.25) is 0 Å². The smallest absolute Gasteiger partial charge is 0.140 e. The first kappa shape index (κ1) is 21.0. The van der Waals surface area contributed by atoms with Gasteiger partial charge < -0.3 is 9.47 Å². The first-order valence-corrected chi connectivity index (χ1v) is 11.5. The Morgan fingerprint density at radius 2 is 2.03 bits per heavy atom. The Morgan fingerprint density at radius 3 is 2.91 bits per heavy atom. The molecular weight excluding hydrogens is 430 g/mol. The number of H-pyrrole nitrogens is 1. The highest BCUT2D eigenvalue weighted by atomic mass is 32.1. The maximum absolute atomic E-state index is 5.82. The van der Waals surface area contributed by atoms with Crippen LogP contribution >= 0.6 is 11.3 Å². The molecule has 2 heterocycles. The van der Waals surface area contributed by atoms with Gasteiger partial charge in [0, 0.05) is 23.2 Å². The molecule has 5 nitrogen and oxygen atoms in total. The van der Waals surface area contributed by atoms with E-state index in [0.717, 1.165) is 39.9 Å². The summed E-state index contributed by atoms with van der Waals surface area (Å²) in [5.74, 6) is 1.49. The number of allylic oxidation sites excluding steroid dienone is 1. The van der Waals surface area contributed by atoms with E-state index in [2.05, 4.69) is 51.6 Å². The van der Waals surface area contributed by atoms with E-state index >= 15 is 0 Å². The molecule has 0 saturated heterocycles. The van der Waals surface area contributed by atoms with Crippen LogP contribution in [0.15, 0.2) is 60.1 Å². The first-order chi connectivity index (χ1) is 16.3. The molecule has 1 aliphatic carbocycles. The summed E-state index contributed by atoms with van der Waals surface area (Å²) in [5.41, 5.74) is 6.62. The SMILES string of the molecule is COc1cc(OCc2nccs2)ccc1/C=C/c1cc(/C=C/c2ccc3c(c2)CC=C3)n[nH]1. The number of aromatic nitrogens is 3. The molecule has 2 aromatic heterocycles. The third kappa shape index (κ3) is 5.13. The summed E-state index contributed by atoms with van der Waals surface area (Å²) in [6, 6.07) is 14.3. The molecule has 0 fully saturated rings. The number of benzene rings is 2. The summed E-state index contributed by atoms with van der Waals surface area (Å²) in [4.78, 5) is 4.23. The van der Waals surface area contributed by atoms with Gasteiger partial charge in [0.1, 0.15) is 23.1 Å². The van der Waals surface area contributed by atoms with Gasteiger partial charge in [-0.2, -0.15) is 5.10 Å². The van der Waals surface area contributed by atoms with Crippen molar-refractivity contribution in [2.24, 2.45) is 0 Å². The Labute approximate surface area is 196 Å². The molecular formula is C27H23N3O2S. The lowest BCUT2D eigenvalue weighted by molar-refractivity contribution is 0.303. The Hall–Kier alpha value is -3.90. The van der Waals surface area contributed by atoms with Crippen molar-refractivity contribution in [1.29, 1.82) is 0 Å². The third-order valence-corrected chi connectivity index (χ3v) is 6.11. The Bertz CT molecular complexity index is 1330. The van der Waals surface area contributed by atoms with Crippen LogP contribution in [0, 0.1) is 0 Å². The zero-order chi connectivity index (χ0) is 22.5. The van der Waals surface area contributed by atoms with E-state index in [1.165, 1.54) is 16.7 Å². The van der Waals surface area contributed by atoms with Crippen LogP contribution in [0.2, 0.25) is 0 Å². The zero-order valence-electron chi connectivity index (χ0n) is 18.2. The van der Waals surface area contributed by atoms with E-state index < -0.39 is 0 Å². The molecule has 0 aliphatic heterocycles. The van der Waals surface area contributed by atoms with Crippen molar-refractivity contribution < 1.29 is 9.47 Å². The lowest BCUT2D eigenvalue weighted by Crippen LogP contribution is -1.95. The van der Waals surface area contributed by atoms with Gasteiger partial charge in [0.25, 0.3) is 0 Å². The summed E-state index contributed by atoms with van der Waals surface area (Å²) in [7, 11) is 1.66. The number of rotatable bonds is 8. The van der Waals surface area contributed by atoms with Crippen molar-refractivity contribution in [3.63, 3.8) is 0 Å². The quantitative estimate of drug-likeness (QED) is 0.337. The molecule has 0 amide bonds. The van der Waals surface area contributed by atoms with Gasteiger partial charge in [-0.3, -0.25) is 5.10 Å². The van der Waals surface area contributed by atoms with Crippen LogP contribution in [0.4, 0.5) is 0 Å². The largest absolute Gasteiger partial charge is 0.496 e. The maximum Gasteiger partial charge on any atom is 0.140 e. The van der Waals surface area contributed by atoms with Crippen molar-refractivity contribution >= 4 is 41.7 Å². The third-order valence-electron chi connectivity index (χ3n) is 5.36. The molecule has 2 aromatic carbocycles. The number of hydrogen-bond donors (Lipinski definition) is 1. The molecule has 0 radical (unpaired) electrons. The number of methoxy groups -OCH3 is 1. The van der Waals surface area contributed by atoms with Crippen molar-refractivity contribution in [2.45, 2.75) is 13.0 Å². The van der Waals surface area contributed by atoms with Crippen LogP contribution in [-0.4, -0.2) is 22.3 Å². The number of nitrogens with one attached hydrogen (secondary N) is 1. The summed E-state index contributed by atoms with van der Waals surface area (Å²) in [6.07, 6.45) is 15.3. The fraction of sp³-hybridized carbons (Fsp3) is 0.111. The lowest BCUT2D eigenvalue weighted by Gasteiger charge is -2.09. The predicted octanol–water partition coefficient (Wildman–Crippen LogP) is 6.36. The van der Waals surface area contributed by atoms with Crippen LogP contribution in [0.5, 0.6) is 11.5 Å². The van der Waals surface area contributed by atoms with Crippen LogP contribution in [0.3, 0.4) is 0 Å². The minimum atomic E-state index is 0.447. The fourth-order valence-corrected chi connectivity index (χ4v) is 4.18. The highest BCUT2D eigenvalue weighted by Gasteiger charge is 2.06. The van der Waals surface area contributed by atoms with Crippen LogP contribution in [0.1, 0.15) is 38.6 Å². The topological polar surface area (TPSA) is 60.0 Å². The van der Waals surface area contributed by atoms with E-state index in [1.54, 1.807) is 24.6 Å². The van der Waals surface area contributed by atoms with Gasteiger partial charge in [-0.15, -0.1) is 11.3 Å². The highest BCUT2D eigenvalue weighted by molar-refractivity contribution is 7.09. The predicted molar refractivity (Wildman–Crippen MR) is 135 cm³/mol. The highest BCUT2D eigenvalue weighted by Crippen LogP contribution is 2.27. The number of aromatic amines is 1. The van der Waals surface area contributed by atoms with Gasteiger partial charge in [-0.05, 0) is 59.5 Å². The number of fused-ring (bicyclic) bond motifs is 1. The van der Waals surface area contributed by atoms with E-state index in [4.69, 9.17) is 9.47 Å². The number of nitrogens with zero attached hydrogens (tertiary/aromatic N) is 2. The van der Waals surface area contributed by atoms with Gasteiger partial charge in [-0.1, -0.05) is 36.4 Å². The van der Waals surface area contributed by atoms with Gasteiger partial charge >= 0.3 is 0 Å². The first-order valence-electron chi connectivity index (χ1n) is 10.7. The number of hydrogen-bond acceptors (Lipinski definition) is 5. The second-order valence-electron chi connectivity index (χ2n) is 7.60. The van der Waals surface area contributed by atoms with Gasteiger partial charge in [0.15, 0.2) is 0 Å². The van der Waals surface area contributed by atoms with E-state index in [-0.39, 0.29) is 0 Å². The Kier molecular flexibility index (Phi) is 6.17. The van der Waals surface area contributed by atoms with Crippen LogP contribution < -0.4 is 9.47 Å². The molecule has 0 unspecified atom stereocenters. The minimum Gasteiger partial charge on any atom is -0.496 e. The monoisotopic (exact) mass is 453 g/mol. The standard InChI is InChI=1S/C27H23N3O2S/c1-31-26-17-25(32-18-27-28-13-14-33-27)12-9-21(26)8-11-24-16-23(29-30-24)10-6-19-5-7-20-3-2-4-22(20)15-19/h2-3,5-17H,4,18H2,1H3,(H,29,30)/b10-6+,11-8+. The van der Waals surface area contributed by atoms with Crippen LogP contribution in [-0.2, 0) is 13.0 Å². The average molecular weight is 454 g/mol. The summed E-state index contributed by atoms with van der Waals surface area (Å²) >= 11 is 1.57. The second-order valence-corrected chi connectivity index (χ2v) is 8.58. The maximum atomic E-state index is 5.82. The average Bonchev–Trinajstić information content (AvgIpc) is 3.62. The molecule has 0 bridgehead atoms. The van der Waals surface area contributed by atoms with E-state index in [0.29, 0.717) is 6.61 Å². The van der Waals surface area contributed by atoms with Crippen molar-refractivity contribution in [3.8, 4) is 11.5 Å². The second kappa shape index (κ2) is 9.71. The molecule has 1 aliphatic rings. The lowest BCUT2D eigenvalue weighted by atomic mass is 10.1. The van der Waals surface area contributed by atoms with Gasteiger partial charge in [-0.25, -0.2) is 4.98 Å². The summed E-state index contributed by atoms with van der Waals surface area (Å²) < 4.78 is 11.4. The van der Waals surface area contributed by atoms with Crippen LogP contribution in [0.25, 0.3) is 30.4 Å². The molecule has 33 heavy (non-hydrogen) atoms. The number of thiazole rings is 1. The minimum absolute atomic E-state index is 0.447. The van der Waals surface area contributed by atoms with Gasteiger partial charge in [0.05, 0.1) is 18.5 Å². The molecule has 0 saturated carbocycles. The van der Waals surface area contributed by atoms with Crippen molar-refractivity contribution in [2.75, 3.05) is 7.11 Å². The van der Waals surface area contributed by atoms with E-state index in [1.807, 2.05) is 47.9 Å². The summed E-state index contributed by atoms with van der Waals surface area (Å²) in [5, 5.41) is 10.3. The normalized spacial score (nSPS) is 12.6. The molecule has 0 spiro atoms. The van der Waals surface area contributed by atoms with Crippen molar-refractivity contribution in [3.05, 3.63) is 98.8 Å². The molecule has 1 N–H and O–H groups in total. The Morgan fingerprint density at radius 1 is 1.06 bits per heavy atom. The molecule has 5 rings (SSSR count).